The number of aromatic nitrogens is 4. The van der Waals surface area contributed by atoms with Crippen LogP contribution in [0.2, 0.25) is 0 Å². The Labute approximate surface area is 188 Å². The van der Waals surface area contributed by atoms with E-state index in [1.165, 1.54) is 24.4 Å². The van der Waals surface area contributed by atoms with Gasteiger partial charge in [-0.25, -0.2) is 15.0 Å². The second kappa shape index (κ2) is 7.79. The third kappa shape index (κ3) is 4.47. The van der Waals surface area contributed by atoms with E-state index in [9.17, 15) is 26.3 Å². The Bertz CT molecular complexity index is 1230. The number of fused-ring (bicyclic) bond motifs is 1. The molecule has 0 amide bonds. The Balaban J connectivity index is 1.52. The molecule has 3 aromatic rings. The number of rotatable bonds is 5. The number of ether oxygens (including phenoxy) is 1. The van der Waals surface area contributed by atoms with E-state index >= 15 is 0 Å². The number of alkyl halides is 6. The van der Waals surface area contributed by atoms with Crippen LogP contribution in [0.25, 0.3) is 11.5 Å². The summed E-state index contributed by atoms with van der Waals surface area (Å²) in [5.41, 5.74) is -2.56. The summed E-state index contributed by atoms with van der Waals surface area (Å²) in [7, 11) is 0. The van der Waals surface area contributed by atoms with Gasteiger partial charge in [0.2, 0.25) is 0 Å². The molecule has 4 heterocycles. The molecular weight excluding hydrogens is 466 g/mol. The lowest BCUT2D eigenvalue weighted by molar-refractivity contribution is -0.141. The predicted octanol–water partition coefficient (Wildman–Crippen LogP) is 4.92. The first-order valence-corrected chi connectivity index (χ1v) is 10.1. The van der Waals surface area contributed by atoms with Gasteiger partial charge in [-0.3, -0.25) is 4.98 Å². The lowest BCUT2D eigenvalue weighted by Crippen LogP contribution is -2.26. The van der Waals surface area contributed by atoms with Crippen LogP contribution >= 0.6 is 0 Å². The monoisotopic (exact) mass is 482 g/mol. The van der Waals surface area contributed by atoms with Gasteiger partial charge < -0.3 is 15.4 Å². The van der Waals surface area contributed by atoms with Crippen LogP contribution in [-0.4, -0.2) is 38.7 Å². The number of hydrogen-bond donors (Lipinski definition) is 2. The van der Waals surface area contributed by atoms with E-state index in [0.717, 1.165) is 18.6 Å². The zero-order valence-electron chi connectivity index (χ0n) is 17.2. The maximum absolute atomic E-state index is 13.1. The van der Waals surface area contributed by atoms with E-state index < -0.39 is 23.6 Å². The molecule has 2 aliphatic rings. The van der Waals surface area contributed by atoms with Crippen molar-refractivity contribution < 1.29 is 31.1 Å². The Hall–Kier alpha value is -3.48. The van der Waals surface area contributed by atoms with Crippen molar-refractivity contribution in [3.8, 4) is 11.5 Å². The lowest BCUT2D eigenvalue weighted by atomic mass is 10.2. The Morgan fingerprint density at radius 2 is 1.74 bits per heavy atom. The van der Waals surface area contributed by atoms with Gasteiger partial charge in [-0.15, -0.1) is 0 Å². The minimum absolute atomic E-state index is 0.00547. The van der Waals surface area contributed by atoms with Crippen molar-refractivity contribution >= 4 is 17.3 Å². The molecule has 1 aliphatic carbocycles. The number of halogens is 6. The molecule has 178 valence electrons. The van der Waals surface area contributed by atoms with Gasteiger partial charge in [0, 0.05) is 18.2 Å². The van der Waals surface area contributed by atoms with Gasteiger partial charge in [0.1, 0.15) is 23.0 Å². The molecule has 1 saturated heterocycles. The summed E-state index contributed by atoms with van der Waals surface area (Å²) in [5.74, 6) is 0.479. The maximum atomic E-state index is 13.1. The molecule has 1 aliphatic heterocycles. The zero-order chi connectivity index (χ0) is 24.1. The fourth-order valence-corrected chi connectivity index (χ4v) is 3.82. The van der Waals surface area contributed by atoms with Gasteiger partial charge in [0.25, 0.3) is 0 Å². The van der Waals surface area contributed by atoms with E-state index in [-0.39, 0.29) is 40.3 Å². The quantitative estimate of drug-likeness (QED) is 0.500. The van der Waals surface area contributed by atoms with E-state index in [1.807, 2.05) is 0 Å². The van der Waals surface area contributed by atoms with Crippen molar-refractivity contribution in [2.75, 3.05) is 23.8 Å². The summed E-state index contributed by atoms with van der Waals surface area (Å²) < 4.78 is 84.0. The van der Waals surface area contributed by atoms with Gasteiger partial charge in [0.05, 0.1) is 36.2 Å². The molecule has 5 rings (SSSR count). The minimum Gasteiger partial charge on any atom is -0.379 e. The van der Waals surface area contributed by atoms with Crippen molar-refractivity contribution in [2.24, 2.45) is 5.92 Å². The van der Waals surface area contributed by atoms with E-state index in [2.05, 4.69) is 30.6 Å². The van der Waals surface area contributed by atoms with Crippen LogP contribution in [0.1, 0.15) is 17.7 Å². The third-order valence-electron chi connectivity index (χ3n) is 5.62. The Kier molecular flexibility index (Phi) is 5.11. The topological polar surface area (TPSA) is 84.9 Å². The first-order valence-electron chi connectivity index (χ1n) is 10.1. The average molecular weight is 482 g/mol. The van der Waals surface area contributed by atoms with Crippen molar-refractivity contribution in [3.63, 3.8) is 0 Å². The minimum atomic E-state index is -4.67. The molecule has 1 unspecified atom stereocenters. The number of nitrogens with one attached hydrogen (secondary N) is 2. The number of anilines is 3. The summed E-state index contributed by atoms with van der Waals surface area (Å²) in [4.78, 5) is 15.7. The third-order valence-corrected chi connectivity index (χ3v) is 5.62. The van der Waals surface area contributed by atoms with Gasteiger partial charge >= 0.3 is 12.4 Å². The molecule has 34 heavy (non-hydrogen) atoms. The molecule has 0 bridgehead atoms. The summed E-state index contributed by atoms with van der Waals surface area (Å²) >= 11 is 0. The highest BCUT2D eigenvalue weighted by Crippen LogP contribution is 2.50. The van der Waals surface area contributed by atoms with Gasteiger partial charge in [0.15, 0.2) is 5.82 Å². The van der Waals surface area contributed by atoms with Crippen molar-refractivity contribution in [3.05, 3.63) is 54.0 Å². The van der Waals surface area contributed by atoms with Crippen molar-refractivity contribution in [2.45, 2.75) is 24.3 Å². The maximum Gasteiger partial charge on any atom is 0.433 e. The van der Waals surface area contributed by atoms with E-state index in [1.54, 1.807) is 0 Å². The fourth-order valence-electron chi connectivity index (χ4n) is 3.82. The fraction of sp³-hybridized carbons (Fsp3) is 0.333. The van der Waals surface area contributed by atoms with Crippen LogP contribution in [0.15, 0.2) is 42.7 Å². The molecule has 1 saturated carbocycles. The van der Waals surface area contributed by atoms with Gasteiger partial charge in [-0.05, 0) is 24.6 Å². The highest BCUT2D eigenvalue weighted by atomic mass is 19.4. The normalized spacial score (nSPS) is 21.8. The predicted molar refractivity (Wildman–Crippen MR) is 108 cm³/mol. The summed E-state index contributed by atoms with van der Waals surface area (Å²) in [6, 6.07) is 5.63. The second-order valence-corrected chi connectivity index (χ2v) is 8.15. The van der Waals surface area contributed by atoms with Crippen LogP contribution in [0, 0.1) is 5.92 Å². The molecule has 0 radical (unpaired) electrons. The first-order chi connectivity index (χ1) is 16.0. The molecule has 13 heteroatoms. The molecule has 3 aromatic heterocycles. The Morgan fingerprint density at radius 1 is 0.941 bits per heavy atom. The van der Waals surface area contributed by atoms with Gasteiger partial charge in [-0.2, -0.15) is 26.3 Å². The van der Waals surface area contributed by atoms with E-state index in [0.29, 0.717) is 19.4 Å². The molecule has 2 atom stereocenters. The molecule has 7 nitrogen and oxygen atoms in total. The Morgan fingerprint density at radius 3 is 2.41 bits per heavy atom. The van der Waals surface area contributed by atoms with Crippen molar-refractivity contribution in [1.29, 1.82) is 0 Å². The first kappa shape index (κ1) is 22.3. The standard InChI is InChI=1S/C21H16F6N6O/c22-20(23,24)11-4-13(8-28-7-11)29-16-5-17(33-19-6-12(19)9-34-10-19)32-18(31-16)14-2-1-3-15(30-14)21(25,26)27/h1-5,7-8,12H,6,9-10H2,(H2,29,31,32,33)/t12?,19-/m0/s1. The van der Waals surface area contributed by atoms with Crippen LogP contribution in [0.4, 0.5) is 43.7 Å². The SMILES string of the molecule is FC(F)(F)c1cncc(Nc2cc(N[C@@]34COCC3C4)nc(-c3cccc(C(F)(F)F)n3)n2)c1. The van der Waals surface area contributed by atoms with Crippen LogP contribution < -0.4 is 10.6 Å². The zero-order valence-corrected chi connectivity index (χ0v) is 17.2. The lowest BCUT2D eigenvalue weighted by Gasteiger charge is -2.17. The summed E-state index contributed by atoms with van der Waals surface area (Å²) in [6.07, 6.45) is -6.57. The van der Waals surface area contributed by atoms with Gasteiger partial charge in [-0.1, -0.05) is 6.07 Å². The van der Waals surface area contributed by atoms with Crippen LogP contribution in [0.3, 0.4) is 0 Å². The molecular formula is C21H16F6N6O. The molecule has 2 fully saturated rings. The molecule has 0 aromatic carbocycles. The largest absolute Gasteiger partial charge is 0.433 e. The summed E-state index contributed by atoms with van der Waals surface area (Å²) in [6.45, 7) is 1.03. The second-order valence-electron chi connectivity index (χ2n) is 8.15. The highest BCUT2D eigenvalue weighted by molar-refractivity contribution is 5.64. The van der Waals surface area contributed by atoms with Crippen LogP contribution in [-0.2, 0) is 17.1 Å². The highest BCUT2D eigenvalue weighted by Gasteiger charge is 2.58. The average Bonchev–Trinajstić information content (AvgIpc) is 3.30. The number of nitrogens with zero attached hydrogens (tertiary/aromatic N) is 4. The number of hydrogen-bond acceptors (Lipinski definition) is 7. The summed E-state index contributed by atoms with van der Waals surface area (Å²) in [5, 5.41) is 5.97. The van der Waals surface area contributed by atoms with Crippen LogP contribution in [0.5, 0.6) is 0 Å². The molecule has 2 N–H and O–H groups in total. The van der Waals surface area contributed by atoms with Crippen molar-refractivity contribution in [1.82, 2.24) is 19.9 Å². The smallest absolute Gasteiger partial charge is 0.379 e. The number of pyridine rings is 2. The van der Waals surface area contributed by atoms with E-state index in [4.69, 9.17) is 4.74 Å². The molecule has 0 spiro atoms.